The van der Waals surface area contributed by atoms with Gasteiger partial charge in [0, 0.05) is 11.6 Å². The summed E-state index contributed by atoms with van der Waals surface area (Å²) in [7, 11) is 0. The summed E-state index contributed by atoms with van der Waals surface area (Å²) in [6, 6.07) is 22.2. The molecule has 27 heavy (non-hydrogen) atoms. The Morgan fingerprint density at radius 3 is 2.07 bits per heavy atom. The van der Waals surface area contributed by atoms with Crippen LogP contribution in [0.4, 0.5) is 11.5 Å². The highest BCUT2D eigenvalue weighted by atomic mass is 16.3. The average Bonchev–Trinajstić information content (AvgIpc) is 2.69. The third-order valence-corrected chi connectivity index (χ3v) is 3.61. The molecule has 0 bridgehead atoms. The molecule has 0 fully saturated rings. The molecule has 1 heterocycles. The molecule has 0 aliphatic carbocycles. The number of benzene rings is 3. The van der Waals surface area contributed by atoms with E-state index in [1.165, 1.54) is 0 Å². The minimum Gasteiger partial charge on any atom is -0.508 e. The first-order valence-corrected chi connectivity index (χ1v) is 8.15. The molecule has 0 saturated heterocycles. The quantitative estimate of drug-likeness (QED) is 0.414. The van der Waals surface area contributed by atoms with Crippen LogP contribution in [0.2, 0.25) is 0 Å². The molecular weight excluding hydrogens is 342 g/mol. The maximum atomic E-state index is 9.92. The standard InChI is InChI=1S/C15H11N3O2.C6H6O/c19-11-6-4-10-5-7-13(20)15(12(10)9-11)18-17-14-3-1-2-8-16-14;7-6-4-2-1-3-5-6/h1-9,19-20H;1-5,7H. The maximum Gasteiger partial charge on any atom is 0.174 e. The summed E-state index contributed by atoms with van der Waals surface area (Å²) in [5, 5.41) is 37.6. The van der Waals surface area contributed by atoms with Crippen molar-refractivity contribution >= 4 is 22.3 Å². The molecule has 1 aromatic heterocycles. The molecular formula is C21H17N3O3. The first-order valence-electron chi connectivity index (χ1n) is 8.15. The summed E-state index contributed by atoms with van der Waals surface area (Å²) in [6.45, 7) is 0. The van der Waals surface area contributed by atoms with Crippen molar-refractivity contribution < 1.29 is 15.3 Å². The van der Waals surface area contributed by atoms with Gasteiger partial charge in [-0.2, -0.15) is 0 Å². The minimum atomic E-state index is 0.00258. The largest absolute Gasteiger partial charge is 0.508 e. The van der Waals surface area contributed by atoms with Crippen molar-refractivity contribution in [1.82, 2.24) is 4.98 Å². The average molecular weight is 359 g/mol. The summed E-state index contributed by atoms with van der Waals surface area (Å²) in [5.41, 5.74) is 0.309. The topological polar surface area (TPSA) is 98.3 Å². The van der Waals surface area contributed by atoms with Crippen molar-refractivity contribution in [3.8, 4) is 17.2 Å². The van der Waals surface area contributed by atoms with E-state index in [0.29, 0.717) is 22.6 Å². The Labute approximate surface area is 155 Å². The van der Waals surface area contributed by atoms with Gasteiger partial charge in [0.25, 0.3) is 0 Å². The van der Waals surface area contributed by atoms with Gasteiger partial charge in [-0.25, -0.2) is 4.98 Å². The van der Waals surface area contributed by atoms with Crippen LogP contribution in [0, 0.1) is 0 Å². The Hall–Kier alpha value is -3.93. The van der Waals surface area contributed by atoms with E-state index < -0.39 is 0 Å². The lowest BCUT2D eigenvalue weighted by molar-refractivity contribution is 0.474. The number of hydrogen-bond acceptors (Lipinski definition) is 6. The molecule has 3 N–H and O–H groups in total. The second kappa shape index (κ2) is 8.44. The van der Waals surface area contributed by atoms with Crippen molar-refractivity contribution in [2.75, 3.05) is 0 Å². The number of phenols is 3. The highest BCUT2D eigenvalue weighted by Gasteiger charge is 2.07. The fourth-order valence-electron chi connectivity index (χ4n) is 2.33. The lowest BCUT2D eigenvalue weighted by Crippen LogP contribution is -1.76. The van der Waals surface area contributed by atoms with Gasteiger partial charge in [0.15, 0.2) is 5.82 Å². The third-order valence-electron chi connectivity index (χ3n) is 3.61. The zero-order chi connectivity index (χ0) is 19.1. The fraction of sp³-hybridized carbons (Fsp3) is 0. The first kappa shape index (κ1) is 17.9. The van der Waals surface area contributed by atoms with Gasteiger partial charge in [0.2, 0.25) is 0 Å². The van der Waals surface area contributed by atoms with E-state index in [4.69, 9.17) is 5.11 Å². The number of hydrogen-bond donors (Lipinski definition) is 3. The number of nitrogens with zero attached hydrogens (tertiary/aromatic N) is 3. The number of aromatic hydroxyl groups is 3. The molecule has 4 aromatic rings. The van der Waals surface area contributed by atoms with E-state index in [2.05, 4.69) is 15.2 Å². The van der Waals surface area contributed by atoms with Crippen molar-refractivity contribution in [2.45, 2.75) is 0 Å². The van der Waals surface area contributed by atoms with Crippen LogP contribution in [-0.4, -0.2) is 20.3 Å². The molecule has 134 valence electrons. The second-order valence-corrected chi connectivity index (χ2v) is 5.56. The van der Waals surface area contributed by atoms with E-state index in [1.807, 2.05) is 6.07 Å². The predicted octanol–water partition coefficient (Wildman–Crippen LogP) is 5.45. The van der Waals surface area contributed by atoms with E-state index in [0.717, 1.165) is 5.39 Å². The van der Waals surface area contributed by atoms with Gasteiger partial charge in [-0.05, 0) is 47.9 Å². The highest BCUT2D eigenvalue weighted by molar-refractivity contribution is 5.96. The van der Waals surface area contributed by atoms with E-state index in [-0.39, 0.29) is 11.5 Å². The zero-order valence-corrected chi connectivity index (χ0v) is 14.3. The van der Waals surface area contributed by atoms with Crippen LogP contribution in [0.25, 0.3) is 10.8 Å². The van der Waals surface area contributed by atoms with Gasteiger partial charge in [-0.1, -0.05) is 36.4 Å². The Morgan fingerprint density at radius 1 is 0.667 bits per heavy atom. The van der Waals surface area contributed by atoms with Crippen LogP contribution in [-0.2, 0) is 0 Å². The Bertz CT molecular complexity index is 1050. The molecule has 4 rings (SSSR count). The maximum absolute atomic E-state index is 9.92. The van der Waals surface area contributed by atoms with Crippen LogP contribution in [0.5, 0.6) is 17.2 Å². The zero-order valence-electron chi connectivity index (χ0n) is 14.3. The van der Waals surface area contributed by atoms with E-state index >= 15 is 0 Å². The molecule has 0 spiro atoms. The molecule has 0 saturated carbocycles. The lowest BCUT2D eigenvalue weighted by atomic mass is 10.1. The summed E-state index contributed by atoms with van der Waals surface area (Å²) in [5.74, 6) is 0.881. The number of azo groups is 1. The molecule has 0 aliphatic rings. The summed E-state index contributed by atoms with van der Waals surface area (Å²) in [6.07, 6.45) is 1.61. The lowest BCUT2D eigenvalue weighted by Gasteiger charge is -2.04. The molecule has 0 aliphatic heterocycles. The van der Waals surface area contributed by atoms with Gasteiger partial charge in [0.1, 0.15) is 22.9 Å². The Balaban J connectivity index is 0.000000253. The molecule has 0 atom stereocenters. The van der Waals surface area contributed by atoms with Crippen LogP contribution in [0.1, 0.15) is 0 Å². The number of aromatic nitrogens is 1. The van der Waals surface area contributed by atoms with Crippen molar-refractivity contribution in [3.05, 3.63) is 85.1 Å². The van der Waals surface area contributed by atoms with Gasteiger partial charge in [-0.15, -0.1) is 10.2 Å². The number of fused-ring (bicyclic) bond motifs is 1. The number of phenolic OH excluding ortho intramolecular Hbond substituents is 3. The number of rotatable bonds is 2. The Morgan fingerprint density at radius 2 is 1.41 bits per heavy atom. The molecule has 6 heteroatoms. The monoisotopic (exact) mass is 359 g/mol. The number of pyridine rings is 1. The van der Waals surface area contributed by atoms with Gasteiger partial charge < -0.3 is 15.3 Å². The molecule has 6 nitrogen and oxygen atoms in total. The van der Waals surface area contributed by atoms with E-state index in [9.17, 15) is 10.2 Å². The van der Waals surface area contributed by atoms with E-state index in [1.54, 1.807) is 79.0 Å². The molecule has 0 amide bonds. The summed E-state index contributed by atoms with van der Waals surface area (Å²) >= 11 is 0. The fourth-order valence-corrected chi connectivity index (χ4v) is 2.33. The summed E-state index contributed by atoms with van der Waals surface area (Å²) in [4.78, 5) is 4.03. The van der Waals surface area contributed by atoms with Crippen LogP contribution in [0.15, 0.2) is 95.3 Å². The first-order chi connectivity index (χ1) is 13.1. The third kappa shape index (κ3) is 4.79. The van der Waals surface area contributed by atoms with Crippen molar-refractivity contribution in [1.29, 1.82) is 0 Å². The second-order valence-electron chi connectivity index (χ2n) is 5.56. The minimum absolute atomic E-state index is 0.00258. The molecule has 0 unspecified atom stereocenters. The van der Waals surface area contributed by atoms with Crippen molar-refractivity contribution in [3.63, 3.8) is 0 Å². The SMILES string of the molecule is Oc1ccc2ccc(O)c(N=Nc3ccccn3)c2c1.Oc1ccccc1. The smallest absolute Gasteiger partial charge is 0.174 e. The van der Waals surface area contributed by atoms with Gasteiger partial charge >= 0.3 is 0 Å². The number of para-hydroxylation sites is 1. The van der Waals surface area contributed by atoms with Gasteiger partial charge in [0.05, 0.1) is 0 Å². The van der Waals surface area contributed by atoms with Crippen LogP contribution in [0.3, 0.4) is 0 Å². The molecule has 0 radical (unpaired) electrons. The predicted molar refractivity (Wildman–Crippen MR) is 104 cm³/mol. The van der Waals surface area contributed by atoms with Gasteiger partial charge in [-0.3, -0.25) is 0 Å². The van der Waals surface area contributed by atoms with Crippen molar-refractivity contribution in [2.24, 2.45) is 10.2 Å². The normalized spacial score (nSPS) is 10.5. The highest BCUT2D eigenvalue weighted by Crippen LogP contribution is 2.37. The Kier molecular flexibility index (Phi) is 5.59. The van der Waals surface area contributed by atoms with Crippen LogP contribution >= 0.6 is 0 Å². The molecule has 3 aromatic carbocycles. The van der Waals surface area contributed by atoms with Crippen LogP contribution < -0.4 is 0 Å². The summed E-state index contributed by atoms with van der Waals surface area (Å²) < 4.78 is 0.